The molecule has 0 radical (unpaired) electrons. The number of hydrogen-bond donors (Lipinski definition) is 0. The molecule has 0 saturated heterocycles. The van der Waals surface area contributed by atoms with Gasteiger partial charge in [-0.05, 0) is 32.9 Å². The van der Waals surface area contributed by atoms with E-state index in [9.17, 15) is 9.59 Å². The number of rotatable bonds is 3. The van der Waals surface area contributed by atoms with E-state index in [0.29, 0.717) is 12.0 Å². The Bertz CT molecular complexity index is 473. The molecule has 1 aliphatic rings. The summed E-state index contributed by atoms with van der Waals surface area (Å²) in [7, 11) is 0. The fourth-order valence-corrected chi connectivity index (χ4v) is 1.71. The lowest BCUT2D eigenvalue weighted by molar-refractivity contribution is -0.157. The van der Waals surface area contributed by atoms with E-state index in [4.69, 9.17) is 9.47 Å². The van der Waals surface area contributed by atoms with Crippen LogP contribution in [0.1, 0.15) is 37.6 Å². The third-order valence-electron chi connectivity index (χ3n) is 2.71. The van der Waals surface area contributed by atoms with Crippen LogP contribution in [0.4, 0.5) is 0 Å². The Morgan fingerprint density at radius 2 is 1.79 bits per heavy atom. The normalized spacial score (nSPS) is 21.6. The molecule has 1 fully saturated rings. The van der Waals surface area contributed by atoms with Gasteiger partial charge in [0, 0.05) is 6.42 Å². The van der Waals surface area contributed by atoms with E-state index in [1.807, 2.05) is 26.8 Å². The highest BCUT2D eigenvalue weighted by molar-refractivity contribution is 5.90. The first-order chi connectivity index (χ1) is 8.87. The third-order valence-corrected chi connectivity index (χ3v) is 2.71. The quantitative estimate of drug-likeness (QED) is 0.786. The van der Waals surface area contributed by atoms with Gasteiger partial charge in [0.2, 0.25) is 0 Å². The fourth-order valence-electron chi connectivity index (χ4n) is 1.71. The summed E-state index contributed by atoms with van der Waals surface area (Å²) < 4.78 is 10.5. The van der Waals surface area contributed by atoms with Crippen molar-refractivity contribution in [2.45, 2.75) is 38.9 Å². The van der Waals surface area contributed by atoms with Crippen LogP contribution in [-0.4, -0.2) is 23.6 Å². The Morgan fingerprint density at radius 3 is 2.37 bits per heavy atom. The molecule has 0 aliphatic heterocycles. The Hall–Kier alpha value is -1.84. The minimum absolute atomic E-state index is 0.293. The third kappa shape index (κ3) is 3.81. The molecule has 0 N–H and O–H groups in total. The molecular weight excluding hydrogens is 244 g/mol. The molecular formula is C15H18O4. The van der Waals surface area contributed by atoms with E-state index in [0.717, 1.165) is 0 Å². The van der Waals surface area contributed by atoms with Crippen LogP contribution in [0.25, 0.3) is 0 Å². The summed E-state index contributed by atoms with van der Waals surface area (Å²) in [6.45, 7) is 5.45. The molecule has 19 heavy (non-hydrogen) atoms. The van der Waals surface area contributed by atoms with E-state index >= 15 is 0 Å². The topological polar surface area (TPSA) is 52.6 Å². The molecule has 1 aromatic rings. The van der Waals surface area contributed by atoms with Gasteiger partial charge in [-0.2, -0.15) is 0 Å². The monoisotopic (exact) mass is 262 g/mol. The zero-order chi connectivity index (χ0) is 14.0. The molecule has 1 aliphatic carbocycles. The lowest BCUT2D eigenvalue weighted by Crippen LogP contribution is -2.26. The summed E-state index contributed by atoms with van der Waals surface area (Å²) >= 11 is 0. The summed E-state index contributed by atoms with van der Waals surface area (Å²) in [6.07, 6.45) is 0.204. The average molecular weight is 262 g/mol. The van der Waals surface area contributed by atoms with Gasteiger partial charge in [-0.1, -0.05) is 18.2 Å². The predicted octanol–water partition coefficient (Wildman–Crippen LogP) is 2.57. The van der Waals surface area contributed by atoms with Crippen molar-refractivity contribution in [1.29, 1.82) is 0 Å². The minimum atomic E-state index is -0.506. The second-order valence-corrected chi connectivity index (χ2v) is 5.69. The van der Waals surface area contributed by atoms with Crippen molar-refractivity contribution in [3.8, 4) is 0 Å². The number of hydrogen-bond acceptors (Lipinski definition) is 4. The zero-order valence-electron chi connectivity index (χ0n) is 11.4. The Balaban J connectivity index is 1.84. The Morgan fingerprint density at radius 1 is 1.16 bits per heavy atom. The Labute approximate surface area is 112 Å². The number of esters is 2. The van der Waals surface area contributed by atoms with E-state index in [1.54, 1.807) is 24.3 Å². The van der Waals surface area contributed by atoms with Crippen molar-refractivity contribution in [3.63, 3.8) is 0 Å². The molecule has 2 rings (SSSR count). The van der Waals surface area contributed by atoms with E-state index in [2.05, 4.69) is 0 Å². The standard InChI is InChI=1S/C15H18O4/c1-15(2,3)19-14(17)11-9-12(11)18-13(16)10-7-5-4-6-8-10/h4-8,11-12H,9H2,1-3H3/t11-,12-/m1/s1. The second kappa shape index (κ2) is 5.03. The van der Waals surface area contributed by atoms with Crippen LogP contribution in [0.3, 0.4) is 0 Å². The van der Waals surface area contributed by atoms with Crippen molar-refractivity contribution in [2.24, 2.45) is 5.92 Å². The van der Waals surface area contributed by atoms with Crippen LogP contribution in [0.15, 0.2) is 30.3 Å². The van der Waals surface area contributed by atoms with E-state index < -0.39 is 11.6 Å². The summed E-state index contributed by atoms with van der Waals surface area (Å²) in [4.78, 5) is 23.5. The van der Waals surface area contributed by atoms with Gasteiger partial charge in [0.1, 0.15) is 11.7 Å². The van der Waals surface area contributed by atoms with Gasteiger partial charge in [-0.15, -0.1) is 0 Å². The SMILES string of the molecule is CC(C)(C)OC(=O)[C@@H]1C[C@H]1OC(=O)c1ccccc1. The summed E-state index contributed by atoms with van der Waals surface area (Å²) in [5.74, 6) is -0.998. The van der Waals surface area contributed by atoms with Crippen molar-refractivity contribution in [2.75, 3.05) is 0 Å². The largest absolute Gasteiger partial charge is 0.460 e. The van der Waals surface area contributed by atoms with Gasteiger partial charge in [-0.3, -0.25) is 4.79 Å². The van der Waals surface area contributed by atoms with Gasteiger partial charge in [-0.25, -0.2) is 4.79 Å². The first kappa shape index (κ1) is 13.6. The molecule has 0 amide bonds. The molecule has 4 heteroatoms. The minimum Gasteiger partial charge on any atom is -0.460 e. The first-order valence-electron chi connectivity index (χ1n) is 6.36. The maximum Gasteiger partial charge on any atom is 0.338 e. The van der Waals surface area contributed by atoms with Crippen molar-refractivity contribution in [1.82, 2.24) is 0 Å². The highest BCUT2D eigenvalue weighted by Crippen LogP contribution is 2.36. The van der Waals surface area contributed by atoms with Gasteiger partial charge in [0.25, 0.3) is 0 Å². The van der Waals surface area contributed by atoms with E-state index in [1.165, 1.54) is 0 Å². The number of ether oxygens (including phenoxy) is 2. The van der Waals surface area contributed by atoms with Crippen LogP contribution < -0.4 is 0 Å². The molecule has 0 unspecified atom stereocenters. The van der Waals surface area contributed by atoms with Crippen LogP contribution >= 0.6 is 0 Å². The highest BCUT2D eigenvalue weighted by Gasteiger charge is 2.48. The molecule has 2 atom stereocenters. The Kier molecular flexibility index (Phi) is 3.60. The lowest BCUT2D eigenvalue weighted by Gasteiger charge is -2.19. The molecule has 1 aromatic carbocycles. The first-order valence-corrected chi connectivity index (χ1v) is 6.36. The number of benzene rings is 1. The van der Waals surface area contributed by atoms with Crippen LogP contribution in [-0.2, 0) is 14.3 Å². The second-order valence-electron chi connectivity index (χ2n) is 5.69. The summed E-state index contributed by atoms with van der Waals surface area (Å²) in [6, 6.07) is 8.75. The molecule has 4 nitrogen and oxygen atoms in total. The molecule has 102 valence electrons. The molecule has 0 aromatic heterocycles. The van der Waals surface area contributed by atoms with Gasteiger partial charge in [0.15, 0.2) is 0 Å². The number of carbonyl (C=O) groups is 2. The van der Waals surface area contributed by atoms with E-state index in [-0.39, 0.29) is 18.0 Å². The molecule has 1 saturated carbocycles. The fraction of sp³-hybridized carbons (Fsp3) is 0.467. The maximum atomic E-state index is 11.8. The van der Waals surface area contributed by atoms with Gasteiger partial charge in [0.05, 0.1) is 11.5 Å². The predicted molar refractivity (Wildman–Crippen MR) is 69.6 cm³/mol. The van der Waals surface area contributed by atoms with Crippen molar-refractivity contribution < 1.29 is 19.1 Å². The van der Waals surface area contributed by atoms with Crippen molar-refractivity contribution in [3.05, 3.63) is 35.9 Å². The van der Waals surface area contributed by atoms with Crippen molar-refractivity contribution >= 4 is 11.9 Å². The summed E-state index contributed by atoms with van der Waals surface area (Å²) in [5, 5.41) is 0. The zero-order valence-corrected chi connectivity index (χ0v) is 11.4. The van der Waals surface area contributed by atoms with Crippen LogP contribution in [0.5, 0.6) is 0 Å². The average Bonchev–Trinajstić information content (AvgIpc) is 3.07. The summed E-state index contributed by atoms with van der Waals surface area (Å²) in [5.41, 5.74) is -0.00875. The van der Waals surface area contributed by atoms with Gasteiger partial charge < -0.3 is 9.47 Å². The molecule has 0 spiro atoms. The van der Waals surface area contributed by atoms with Crippen LogP contribution in [0.2, 0.25) is 0 Å². The number of carbonyl (C=O) groups excluding carboxylic acids is 2. The van der Waals surface area contributed by atoms with Crippen LogP contribution in [0, 0.1) is 5.92 Å². The van der Waals surface area contributed by atoms with Gasteiger partial charge >= 0.3 is 11.9 Å². The highest BCUT2D eigenvalue weighted by atomic mass is 16.6. The molecule has 0 bridgehead atoms. The smallest absolute Gasteiger partial charge is 0.338 e. The maximum absolute atomic E-state index is 11.8. The molecule has 0 heterocycles. The lowest BCUT2D eigenvalue weighted by atomic mass is 10.2.